The molecule has 144 valence electrons. The summed E-state index contributed by atoms with van der Waals surface area (Å²) in [6.07, 6.45) is 1.62. The first-order chi connectivity index (χ1) is 13.0. The molecule has 1 aliphatic heterocycles. The first kappa shape index (κ1) is 19.3. The second kappa shape index (κ2) is 8.51. The molecule has 7 nitrogen and oxygen atoms in total. The molecule has 1 saturated heterocycles. The number of carbonyl (C=O) groups excluding carboxylic acids is 1. The van der Waals surface area contributed by atoms with Gasteiger partial charge in [-0.2, -0.15) is 4.31 Å². The van der Waals surface area contributed by atoms with Crippen LogP contribution in [0, 0.1) is 0 Å². The highest BCUT2D eigenvalue weighted by molar-refractivity contribution is 7.92. The molecule has 0 aliphatic carbocycles. The number of esters is 1. The lowest BCUT2D eigenvalue weighted by molar-refractivity contribution is -0.918. The van der Waals surface area contributed by atoms with Crippen LogP contribution in [0.1, 0.15) is 21.9 Å². The van der Waals surface area contributed by atoms with Crippen LogP contribution >= 0.6 is 0 Å². The third-order valence-corrected chi connectivity index (χ3v) is 6.06. The van der Waals surface area contributed by atoms with Crippen LogP contribution in [-0.2, 0) is 21.3 Å². The molecule has 0 atom stereocenters. The Hall–Kier alpha value is -2.42. The number of hydrogen-bond acceptors (Lipinski definition) is 5. The van der Waals surface area contributed by atoms with Crippen molar-refractivity contribution in [3.63, 3.8) is 0 Å². The highest BCUT2D eigenvalue weighted by atomic mass is 32.2. The second-order valence-corrected chi connectivity index (χ2v) is 8.16. The van der Waals surface area contributed by atoms with Crippen LogP contribution in [0.25, 0.3) is 6.08 Å². The summed E-state index contributed by atoms with van der Waals surface area (Å²) in [5, 5.41) is 1.27. The smallest absolute Gasteiger partial charge is 0.373 e. The normalized spacial score (nSPS) is 16.6. The van der Waals surface area contributed by atoms with Crippen LogP contribution in [0.3, 0.4) is 0 Å². The van der Waals surface area contributed by atoms with Gasteiger partial charge in [-0.25, -0.2) is 13.2 Å². The van der Waals surface area contributed by atoms with Crippen molar-refractivity contribution in [1.29, 1.82) is 0 Å². The third kappa shape index (κ3) is 5.06. The SMILES string of the molecule is COC(=O)c1ccc(C[NH+]2CCN(S(=O)(=O)/C=C/c3ccccc3)CC2)o1. The number of methoxy groups -OCH3 is 1. The van der Waals surface area contributed by atoms with Crippen LogP contribution in [0.5, 0.6) is 0 Å². The lowest BCUT2D eigenvalue weighted by atomic mass is 10.2. The number of benzene rings is 1. The second-order valence-electron chi connectivity index (χ2n) is 6.34. The Balaban J connectivity index is 1.54. The number of piperazine rings is 1. The van der Waals surface area contributed by atoms with Crippen LogP contribution < -0.4 is 4.90 Å². The first-order valence-electron chi connectivity index (χ1n) is 8.72. The summed E-state index contributed by atoms with van der Waals surface area (Å²) in [5.74, 6) is 0.363. The first-order valence-corrected chi connectivity index (χ1v) is 10.2. The van der Waals surface area contributed by atoms with Crippen molar-refractivity contribution in [3.8, 4) is 0 Å². The average Bonchev–Trinajstić information content (AvgIpc) is 3.15. The number of sulfonamides is 1. The number of nitrogens with one attached hydrogen (secondary N) is 1. The molecular weight excluding hydrogens is 368 g/mol. The van der Waals surface area contributed by atoms with Crippen LogP contribution in [0.2, 0.25) is 0 Å². The number of rotatable bonds is 6. The number of quaternary nitrogens is 1. The molecule has 1 fully saturated rings. The fourth-order valence-electron chi connectivity index (χ4n) is 2.98. The molecule has 2 aromatic rings. The van der Waals surface area contributed by atoms with Crippen molar-refractivity contribution < 1.29 is 27.3 Å². The van der Waals surface area contributed by atoms with Crippen LogP contribution in [-0.4, -0.2) is 52.0 Å². The molecule has 0 amide bonds. The fourth-order valence-corrected chi connectivity index (χ4v) is 4.17. The minimum Gasteiger partial charge on any atom is -0.463 e. The molecule has 1 aliphatic rings. The highest BCUT2D eigenvalue weighted by Gasteiger charge is 2.28. The maximum absolute atomic E-state index is 12.5. The predicted molar refractivity (Wildman–Crippen MR) is 100 cm³/mol. The molecule has 0 unspecified atom stereocenters. The Morgan fingerprint density at radius 3 is 2.56 bits per heavy atom. The largest absolute Gasteiger partial charge is 0.463 e. The van der Waals surface area contributed by atoms with Gasteiger partial charge in [0.25, 0.3) is 0 Å². The summed E-state index contributed by atoms with van der Waals surface area (Å²) >= 11 is 0. The van der Waals surface area contributed by atoms with Gasteiger partial charge in [0.05, 0.1) is 33.3 Å². The molecule has 1 aromatic heterocycles. The number of furan rings is 1. The summed E-state index contributed by atoms with van der Waals surface area (Å²) < 4.78 is 36.6. The van der Waals surface area contributed by atoms with E-state index in [1.54, 1.807) is 18.2 Å². The lowest BCUT2D eigenvalue weighted by Crippen LogP contribution is -3.13. The van der Waals surface area contributed by atoms with Crippen molar-refractivity contribution in [3.05, 3.63) is 65.0 Å². The van der Waals surface area contributed by atoms with E-state index < -0.39 is 16.0 Å². The van der Waals surface area contributed by atoms with E-state index in [9.17, 15) is 13.2 Å². The van der Waals surface area contributed by atoms with Gasteiger partial charge in [0.1, 0.15) is 6.54 Å². The van der Waals surface area contributed by atoms with Gasteiger partial charge in [0, 0.05) is 5.41 Å². The van der Waals surface area contributed by atoms with Gasteiger partial charge in [0.15, 0.2) is 5.76 Å². The van der Waals surface area contributed by atoms with Gasteiger partial charge in [0.2, 0.25) is 15.8 Å². The van der Waals surface area contributed by atoms with Crippen molar-refractivity contribution >= 4 is 22.1 Å². The molecule has 27 heavy (non-hydrogen) atoms. The van der Waals surface area contributed by atoms with E-state index >= 15 is 0 Å². The Morgan fingerprint density at radius 2 is 1.89 bits per heavy atom. The van der Waals surface area contributed by atoms with E-state index in [4.69, 9.17) is 4.42 Å². The average molecular weight is 391 g/mol. The molecule has 0 radical (unpaired) electrons. The minimum atomic E-state index is -3.43. The Bertz CT molecular complexity index is 897. The fraction of sp³-hybridized carbons (Fsp3) is 0.316. The van der Waals surface area contributed by atoms with E-state index in [1.807, 2.05) is 30.3 Å². The van der Waals surface area contributed by atoms with Gasteiger partial charge < -0.3 is 14.1 Å². The lowest BCUT2D eigenvalue weighted by Gasteiger charge is -2.30. The standard InChI is InChI=1S/C19H22N2O5S/c1-25-19(22)18-8-7-17(26-18)15-20-10-12-21(13-11-20)27(23,24)14-9-16-5-3-2-4-6-16/h2-9,14H,10-13,15H2,1H3/p+1/b14-9+. The zero-order valence-electron chi connectivity index (χ0n) is 15.1. The van der Waals surface area contributed by atoms with E-state index in [1.165, 1.54) is 21.7 Å². The molecule has 0 bridgehead atoms. The van der Waals surface area contributed by atoms with Crippen molar-refractivity contribution in [2.75, 3.05) is 33.3 Å². The number of hydrogen-bond donors (Lipinski definition) is 1. The third-order valence-electron chi connectivity index (χ3n) is 4.49. The summed E-state index contributed by atoms with van der Waals surface area (Å²) in [7, 11) is -2.13. The quantitative estimate of drug-likeness (QED) is 0.736. The van der Waals surface area contributed by atoms with E-state index in [0.717, 1.165) is 5.56 Å². The Kier molecular flexibility index (Phi) is 6.10. The summed E-state index contributed by atoms with van der Waals surface area (Å²) in [4.78, 5) is 12.6. The number of nitrogens with zero attached hydrogens (tertiary/aromatic N) is 1. The summed E-state index contributed by atoms with van der Waals surface area (Å²) in [5.41, 5.74) is 0.851. The van der Waals surface area contributed by atoms with Gasteiger partial charge >= 0.3 is 5.97 Å². The molecule has 1 N–H and O–H groups in total. The van der Waals surface area contributed by atoms with Gasteiger partial charge in [-0.3, -0.25) is 0 Å². The highest BCUT2D eigenvalue weighted by Crippen LogP contribution is 2.10. The van der Waals surface area contributed by atoms with E-state index in [2.05, 4.69) is 4.74 Å². The molecular formula is C19H23N2O5S+. The van der Waals surface area contributed by atoms with E-state index in [0.29, 0.717) is 38.5 Å². The summed E-state index contributed by atoms with van der Waals surface area (Å²) in [6, 6.07) is 12.7. The number of carbonyl (C=O) groups is 1. The molecule has 1 aromatic carbocycles. The molecule has 0 spiro atoms. The van der Waals surface area contributed by atoms with Crippen molar-refractivity contribution in [2.45, 2.75) is 6.54 Å². The van der Waals surface area contributed by atoms with Gasteiger partial charge in [-0.05, 0) is 23.8 Å². The van der Waals surface area contributed by atoms with Crippen molar-refractivity contribution in [2.24, 2.45) is 0 Å². The Labute approximate surface area is 158 Å². The van der Waals surface area contributed by atoms with Gasteiger partial charge in [-0.15, -0.1) is 0 Å². The molecule has 0 saturated carbocycles. The van der Waals surface area contributed by atoms with E-state index in [-0.39, 0.29) is 5.76 Å². The molecule has 8 heteroatoms. The van der Waals surface area contributed by atoms with Gasteiger partial charge in [-0.1, -0.05) is 30.3 Å². The summed E-state index contributed by atoms with van der Waals surface area (Å²) in [6.45, 7) is 2.84. The van der Waals surface area contributed by atoms with Crippen LogP contribution in [0.15, 0.2) is 52.3 Å². The topological polar surface area (TPSA) is 81.3 Å². The molecule has 3 rings (SSSR count). The zero-order valence-corrected chi connectivity index (χ0v) is 15.9. The predicted octanol–water partition coefficient (Wildman–Crippen LogP) is 0.767. The molecule has 2 heterocycles. The zero-order chi connectivity index (χ0) is 19.3. The van der Waals surface area contributed by atoms with Crippen LogP contribution in [0.4, 0.5) is 0 Å². The number of ether oxygens (including phenoxy) is 1. The monoisotopic (exact) mass is 391 g/mol. The maximum Gasteiger partial charge on any atom is 0.373 e. The van der Waals surface area contributed by atoms with Crippen molar-refractivity contribution in [1.82, 2.24) is 4.31 Å². The maximum atomic E-state index is 12.5. The Morgan fingerprint density at radius 1 is 1.19 bits per heavy atom. The minimum absolute atomic E-state index is 0.180.